The summed E-state index contributed by atoms with van der Waals surface area (Å²) in [5, 5.41) is 0. The van der Waals surface area contributed by atoms with E-state index in [4.69, 9.17) is 14.2 Å². The number of carbonyl (C=O) groups is 1. The highest BCUT2D eigenvalue weighted by Crippen LogP contribution is 2.27. The van der Waals surface area contributed by atoms with E-state index in [0.717, 1.165) is 0 Å². The standard InChI is InChI=1S/C8H12O4/c1-8(2)6-7(9)12-5(3-10-6)4-11-8/h5-6H,3-4H2,1-2H3. The maximum Gasteiger partial charge on any atom is 0.338 e. The molecule has 3 fully saturated rings. The van der Waals surface area contributed by atoms with Crippen molar-refractivity contribution in [3.05, 3.63) is 0 Å². The molecular formula is C8H12O4. The minimum absolute atomic E-state index is 0.212. The molecule has 0 N–H and O–H groups in total. The van der Waals surface area contributed by atoms with Gasteiger partial charge in [0.1, 0.15) is 6.10 Å². The van der Waals surface area contributed by atoms with Gasteiger partial charge in [0.05, 0.1) is 18.8 Å². The molecule has 68 valence electrons. The molecule has 2 bridgehead atoms. The molecule has 4 heteroatoms. The average molecular weight is 172 g/mol. The van der Waals surface area contributed by atoms with Crippen LogP contribution in [0.25, 0.3) is 0 Å². The van der Waals surface area contributed by atoms with Gasteiger partial charge in [-0.1, -0.05) is 0 Å². The van der Waals surface area contributed by atoms with Gasteiger partial charge in [0, 0.05) is 0 Å². The van der Waals surface area contributed by atoms with Gasteiger partial charge in [0.15, 0.2) is 6.10 Å². The summed E-state index contributed by atoms with van der Waals surface area (Å²) in [6.45, 7) is 4.58. The summed E-state index contributed by atoms with van der Waals surface area (Å²) in [5.74, 6) is -0.297. The molecule has 2 unspecified atom stereocenters. The first kappa shape index (κ1) is 8.01. The van der Waals surface area contributed by atoms with Crippen LogP contribution >= 0.6 is 0 Å². The zero-order chi connectivity index (χ0) is 8.77. The molecular weight excluding hydrogens is 160 g/mol. The van der Waals surface area contributed by atoms with Crippen molar-refractivity contribution >= 4 is 5.97 Å². The second-order valence-corrected chi connectivity index (χ2v) is 3.69. The summed E-state index contributed by atoms with van der Waals surface area (Å²) >= 11 is 0. The summed E-state index contributed by atoms with van der Waals surface area (Å²) in [7, 11) is 0. The molecule has 12 heavy (non-hydrogen) atoms. The number of carbonyl (C=O) groups excluding carboxylic acids is 1. The molecule has 3 heterocycles. The van der Waals surface area contributed by atoms with E-state index in [1.807, 2.05) is 13.8 Å². The molecule has 0 aliphatic carbocycles. The Balaban J connectivity index is 2.27. The van der Waals surface area contributed by atoms with Gasteiger partial charge in [-0.2, -0.15) is 0 Å². The smallest absolute Gasteiger partial charge is 0.338 e. The lowest BCUT2D eigenvalue weighted by Gasteiger charge is -2.29. The van der Waals surface area contributed by atoms with Gasteiger partial charge < -0.3 is 14.2 Å². The Labute approximate surface area is 70.8 Å². The lowest BCUT2D eigenvalue weighted by atomic mass is 10.0. The van der Waals surface area contributed by atoms with Gasteiger partial charge in [-0.3, -0.25) is 0 Å². The van der Waals surface area contributed by atoms with E-state index in [0.29, 0.717) is 13.2 Å². The summed E-state index contributed by atoms with van der Waals surface area (Å²) in [5.41, 5.74) is -0.553. The Kier molecular flexibility index (Phi) is 1.63. The second kappa shape index (κ2) is 2.44. The van der Waals surface area contributed by atoms with Crippen LogP contribution in [0, 0.1) is 0 Å². The molecule has 3 rings (SSSR count). The monoisotopic (exact) mass is 172 g/mol. The predicted octanol–water partition coefficient (Wildman–Crippen LogP) is 0.106. The molecule has 3 aliphatic heterocycles. The highest BCUT2D eigenvalue weighted by atomic mass is 16.7. The minimum atomic E-state index is -0.559. The first-order valence-corrected chi connectivity index (χ1v) is 4.05. The summed E-state index contributed by atoms with van der Waals surface area (Å²) in [6.07, 6.45) is -0.772. The fraction of sp³-hybridized carbons (Fsp3) is 0.875. The molecule has 3 aliphatic rings. The van der Waals surface area contributed by atoms with E-state index >= 15 is 0 Å². The number of ether oxygens (including phenoxy) is 3. The van der Waals surface area contributed by atoms with Crippen LogP contribution in [0.5, 0.6) is 0 Å². The summed E-state index contributed by atoms with van der Waals surface area (Å²) in [6, 6.07) is 0. The lowest BCUT2D eigenvalue weighted by molar-refractivity contribution is -0.184. The third kappa shape index (κ3) is 1.11. The van der Waals surface area contributed by atoms with Gasteiger partial charge in [-0.15, -0.1) is 0 Å². The third-order valence-electron chi connectivity index (χ3n) is 2.22. The number of fused-ring (bicyclic) bond motifs is 4. The SMILES string of the molecule is CC1(C)OCC2COC1C(=O)O2. The number of hydrogen-bond acceptors (Lipinski definition) is 4. The van der Waals surface area contributed by atoms with E-state index < -0.39 is 11.7 Å². The van der Waals surface area contributed by atoms with Gasteiger partial charge in [-0.25, -0.2) is 4.79 Å². The van der Waals surface area contributed by atoms with Gasteiger partial charge in [0.2, 0.25) is 0 Å². The highest BCUT2D eigenvalue weighted by Gasteiger charge is 2.46. The van der Waals surface area contributed by atoms with Crippen LogP contribution in [-0.4, -0.2) is 37.0 Å². The molecule has 0 aromatic heterocycles. The maximum atomic E-state index is 11.3. The molecule has 0 saturated carbocycles. The van der Waals surface area contributed by atoms with E-state index in [2.05, 4.69) is 0 Å². The number of rotatable bonds is 0. The Morgan fingerprint density at radius 1 is 1.42 bits per heavy atom. The Morgan fingerprint density at radius 2 is 2.17 bits per heavy atom. The Hall–Kier alpha value is -0.610. The topological polar surface area (TPSA) is 44.8 Å². The predicted molar refractivity (Wildman–Crippen MR) is 39.7 cm³/mol. The lowest BCUT2D eigenvalue weighted by Crippen LogP contribution is -2.47. The molecule has 4 nitrogen and oxygen atoms in total. The molecule has 2 atom stereocenters. The molecule has 0 aromatic rings. The molecule has 0 radical (unpaired) electrons. The fourth-order valence-electron chi connectivity index (χ4n) is 1.48. The van der Waals surface area contributed by atoms with E-state index in [1.54, 1.807) is 0 Å². The molecule has 0 amide bonds. The van der Waals surface area contributed by atoms with Crippen molar-refractivity contribution in [2.24, 2.45) is 0 Å². The van der Waals surface area contributed by atoms with Gasteiger partial charge >= 0.3 is 5.97 Å². The van der Waals surface area contributed by atoms with Crippen LogP contribution in [-0.2, 0) is 19.0 Å². The number of esters is 1. The van der Waals surface area contributed by atoms with Crippen molar-refractivity contribution in [1.82, 2.24) is 0 Å². The Bertz CT molecular complexity index is 211. The largest absolute Gasteiger partial charge is 0.455 e. The summed E-state index contributed by atoms with van der Waals surface area (Å²) in [4.78, 5) is 11.3. The van der Waals surface area contributed by atoms with Crippen molar-refractivity contribution in [3.8, 4) is 0 Å². The average Bonchev–Trinajstić information content (AvgIpc) is 2.18. The van der Waals surface area contributed by atoms with Crippen molar-refractivity contribution in [2.75, 3.05) is 13.2 Å². The van der Waals surface area contributed by atoms with Gasteiger partial charge in [0.25, 0.3) is 0 Å². The van der Waals surface area contributed by atoms with E-state index in [-0.39, 0.29) is 12.1 Å². The van der Waals surface area contributed by atoms with Crippen LogP contribution in [0.1, 0.15) is 13.8 Å². The minimum Gasteiger partial charge on any atom is -0.455 e. The van der Waals surface area contributed by atoms with Crippen LogP contribution in [0.3, 0.4) is 0 Å². The van der Waals surface area contributed by atoms with Crippen LogP contribution < -0.4 is 0 Å². The van der Waals surface area contributed by atoms with Crippen molar-refractivity contribution in [1.29, 1.82) is 0 Å². The zero-order valence-corrected chi connectivity index (χ0v) is 7.20. The number of hydrogen-bond donors (Lipinski definition) is 0. The molecule has 0 spiro atoms. The quantitative estimate of drug-likeness (QED) is 0.486. The Morgan fingerprint density at radius 3 is 2.83 bits per heavy atom. The molecule has 0 aromatic carbocycles. The first-order chi connectivity index (χ1) is 5.59. The third-order valence-corrected chi connectivity index (χ3v) is 2.22. The van der Waals surface area contributed by atoms with Crippen molar-refractivity contribution in [3.63, 3.8) is 0 Å². The van der Waals surface area contributed by atoms with Crippen LogP contribution in [0.15, 0.2) is 0 Å². The summed E-state index contributed by atoms with van der Waals surface area (Å²) < 4.78 is 15.9. The highest BCUT2D eigenvalue weighted by molar-refractivity contribution is 5.77. The normalized spacial score (nSPS) is 39.0. The fourth-order valence-corrected chi connectivity index (χ4v) is 1.48. The van der Waals surface area contributed by atoms with Crippen LogP contribution in [0.4, 0.5) is 0 Å². The van der Waals surface area contributed by atoms with Gasteiger partial charge in [-0.05, 0) is 13.8 Å². The zero-order valence-electron chi connectivity index (χ0n) is 7.20. The van der Waals surface area contributed by atoms with Crippen LogP contribution in [0.2, 0.25) is 0 Å². The maximum absolute atomic E-state index is 11.3. The van der Waals surface area contributed by atoms with Crippen molar-refractivity contribution in [2.45, 2.75) is 31.7 Å². The first-order valence-electron chi connectivity index (χ1n) is 4.05. The molecule has 3 saturated heterocycles. The van der Waals surface area contributed by atoms with E-state index in [9.17, 15) is 4.79 Å². The second-order valence-electron chi connectivity index (χ2n) is 3.69. The van der Waals surface area contributed by atoms with Crippen molar-refractivity contribution < 1.29 is 19.0 Å². The van der Waals surface area contributed by atoms with E-state index in [1.165, 1.54) is 0 Å².